The molecule has 0 bridgehead atoms. The number of para-hydroxylation sites is 1. The molecule has 0 aliphatic carbocycles. The Labute approximate surface area is 159 Å². The molecule has 0 unspecified atom stereocenters. The maximum absolute atomic E-state index is 12.7. The van der Waals surface area contributed by atoms with E-state index >= 15 is 0 Å². The Bertz CT molecular complexity index is 974. The van der Waals surface area contributed by atoms with Gasteiger partial charge in [-0.25, -0.2) is 4.98 Å². The summed E-state index contributed by atoms with van der Waals surface area (Å²) in [5.41, 5.74) is 2.12. The molecule has 0 atom stereocenters. The van der Waals surface area contributed by atoms with Crippen molar-refractivity contribution in [2.24, 2.45) is 5.92 Å². The molecule has 1 aliphatic heterocycles. The minimum absolute atomic E-state index is 0.0689. The van der Waals surface area contributed by atoms with Crippen LogP contribution in [0.5, 0.6) is 5.75 Å². The summed E-state index contributed by atoms with van der Waals surface area (Å²) in [6.07, 6.45) is 3.90. The number of likely N-dealkylation sites (tertiary alicyclic amines) is 1. The van der Waals surface area contributed by atoms with E-state index in [1.54, 1.807) is 18.0 Å². The van der Waals surface area contributed by atoms with E-state index in [9.17, 15) is 4.79 Å². The minimum Gasteiger partial charge on any atom is -0.497 e. The smallest absolute Gasteiger partial charge is 0.261 e. The van der Waals surface area contributed by atoms with Gasteiger partial charge in [0.15, 0.2) is 0 Å². The molecule has 1 aromatic heterocycles. The third kappa shape index (κ3) is 4.03. The number of hydrogen-bond donors (Lipinski definition) is 0. The first kappa shape index (κ1) is 17.7. The number of piperidine rings is 1. The van der Waals surface area contributed by atoms with Crippen molar-refractivity contribution in [3.63, 3.8) is 0 Å². The zero-order valence-corrected chi connectivity index (χ0v) is 15.7. The zero-order valence-electron chi connectivity index (χ0n) is 15.7. The van der Waals surface area contributed by atoms with Crippen molar-refractivity contribution >= 4 is 10.9 Å². The van der Waals surface area contributed by atoms with E-state index in [0.29, 0.717) is 11.3 Å². The Kier molecular flexibility index (Phi) is 5.21. The van der Waals surface area contributed by atoms with E-state index < -0.39 is 0 Å². The second kappa shape index (κ2) is 7.92. The van der Waals surface area contributed by atoms with Crippen molar-refractivity contribution in [3.05, 3.63) is 70.8 Å². The Morgan fingerprint density at radius 2 is 1.93 bits per heavy atom. The van der Waals surface area contributed by atoms with E-state index in [-0.39, 0.29) is 5.56 Å². The van der Waals surface area contributed by atoms with Crippen LogP contribution in [0.2, 0.25) is 0 Å². The number of ether oxygens (including phenoxy) is 1. The number of rotatable bonds is 5. The predicted molar refractivity (Wildman–Crippen MR) is 107 cm³/mol. The van der Waals surface area contributed by atoms with Gasteiger partial charge in [-0.3, -0.25) is 14.3 Å². The molecule has 0 radical (unpaired) electrons. The van der Waals surface area contributed by atoms with E-state index in [4.69, 9.17) is 4.74 Å². The normalized spacial score (nSPS) is 15.9. The fraction of sp³-hybridized carbons (Fsp3) is 0.364. The predicted octanol–water partition coefficient (Wildman–Crippen LogP) is 3.32. The summed E-state index contributed by atoms with van der Waals surface area (Å²) in [5, 5.41) is 0.704. The summed E-state index contributed by atoms with van der Waals surface area (Å²) >= 11 is 0. The first-order chi connectivity index (χ1) is 13.2. The van der Waals surface area contributed by atoms with Crippen LogP contribution in [0, 0.1) is 5.92 Å². The van der Waals surface area contributed by atoms with Crippen molar-refractivity contribution in [2.75, 3.05) is 20.2 Å². The van der Waals surface area contributed by atoms with Crippen LogP contribution >= 0.6 is 0 Å². The number of methoxy groups -OCH3 is 1. The molecule has 0 N–H and O–H groups in total. The van der Waals surface area contributed by atoms with Crippen LogP contribution < -0.4 is 10.3 Å². The summed E-state index contributed by atoms with van der Waals surface area (Å²) in [6.45, 7) is 3.81. The van der Waals surface area contributed by atoms with Crippen LogP contribution in [0.3, 0.4) is 0 Å². The van der Waals surface area contributed by atoms with Gasteiger partial charge >= 0.3 is 0 Å². The summed E-state index contributed by atoms with van der Waals surface area (Å²) in [4.78, 5) is 19.6. The Morgan fingerprint density at radius 3 is 2.74 bits per heavy atom. The number of nitrogens with zero attached hydrogens (tertiary/aromatic N) is 3. The molecular formula is C22H25N3O2. The van der Waals surface area contributed by atoms with Gasteiger partial charge in [-0.2, -0.15) is 0 Å². The molecule has 3 aromatic rings. The maximum Gasteiger partial charge on any atom is 0.261 e. The lowest BCUT2D eigenvalue weighted by Crippen LogP contribution is -2.36. The number of benzene rings is 2. The molecule has 1 saturated heterocycles. The second-order valence-electron chi connectivity index (χ2n) is 7.29. The first-order valence-corrected chi connectivity index (χ1v) is 9.52. The third-order valence-electron chi connectivity index (χ3n) is 5.43. The number of hydrogen-bond acceptors (Lipinski definition) is 4. The molecule has 140 valence electrons. The van der Waals surface area contributed by atoms with Crippen LogP contribution in [-0.2, 0) is 13.1 Å². The van der Waals surface area contributed by atoms with Gasteiger partial charge in [0.2, 0.25) is 0 Å². The largest absolute Gasteiger partial charge is 0.497 e. The van der Waals surface area contributed by atoms with Crippen molar-refractivity contribution in [3.8, 4) is 5.75 Å². The fourth-order valence-corrected chi connectivity index (χ4v) is 3.87. The molecule has 2 heterocycles. The van der Waals surface area contributed by atoms with E-state index in [0.717, 1.165) is 50.3 Å². The van der Waals surface area contributed by atoms with Gasteiger partial charge in [-0.15, -0.1) is 0 Å². The molecule has 0 amide bonds. The van der Waals surface area contributed by atoms with E-state index in [1.165, 1.54) is 5.56 Å². The molecule has 0 spiro atoms. The highest BCUT2D eigenvalue weighted by Gasteiger charge is 2.20. The standard InChI is InChI=1S/C22H25N3O2/c1-27-19-6-4-5-18(13-19)14-24-11-9-17(10-12-24)15-25-16-23-21-8-3-2-7-20(21)22(25)26/h2-8,13,16-17H,9-12,14-15H2,1H3. The van der Waals surface area contributed by atoms with Crippen LogP contribution in [-0.4, -0.2) is 34.7 Å². The maximum atomic E-state index is 12.7. The highest BCUT2D eigenvalue weighted by Crippen LogP contribution is 2.22. The molecule has 5 nitrogen and oxygen atoms in total. The van der Waals surface area contributed by atoms with Crippen molar-refractivity contribution in [1.29, 1.82) is 0 Å². The van der Waals surface area contributed by atoms with E-state index in [1.807, 2.05) is 36.4 Å². The third-order valence-corrected chi connectivity index (χ3v) is 5.43. The topological polar surface area (TPSA) is 47.4 Å². The van der Waals surface area contributed by atoms with Gasteiger partial charge in [-0.1, -0.05) is 24.3 Å². The average molecular weight is 363 g/mol. The van der Waals surface area contributed by atoms with Gasteiger partial charge in [0, 0.05) is 13.1 Å². The Hall–Kier alpha value is -2.66. The lowest BCUT2D eigenvalue weighted by molar-refractivity contribution is 0.166. The number of fused-ring (bicyclic) bond motifs is 1. The van der Waals surface area contributed by atoms with E-state index in [2.05, 4.69) is 22.0 Å². The fourth-order valence-electron chi connectivity index (χ4n) is 3.87. The Balaban J connectivity index is 1.37. The molecule has 27 heavy (non-hydrogen) atoms. The van der Waals surface area contributed by atoms with Crippen LogP contribution in [0.25, 0.3) is 10.9 Å². The first-order valence-electron chi connectivity index (χ1n) is 9.52. The second-order valence-corrected chi connectivity index (χ2v) is 7.29. The number of aromatic nitrogens is 2. The van der Waals surface area contributed by atoms with Gasteiger partial charge in [0.1, 0.15) is 5.75 Å². The average Bonchev–Trinajstić information content (AvgIpc) is 2.72. The molecule has 5 heteroatoms. The minimum atomic E-state index is 0.0689. The summed E-state index contributed by atoms with van der Waals surface area (Å²) in [5.74, 6) is 1.43. The lowest BCUT2D eigenvalue weighted by atomic mass is 9.96. The van der Waals surface area contributed by atoms with Gasteiger partial charge in [0.05, 0.1) is 24.3 Å². The molecule has 0 saturated carbocycles. The molecule has 1 fully saturated rings. The van der Waals surface area contributed by atoms with Crippen LogP contribution in [0.15, 0.2) is 59.7 Å². The summed E-state index contributed by atoms with van der Waals surface area (Å²) in [6, 6.07) is 15.8. The van der Waals surface area contributed by atoms with Crippen molar-refractivity contribution in [1.82, 2.24) is 14.5 Å². The van der Waals surface area contributed by atoms with Crippen molar-refractivity contribution < 1.29 is 4.74 Å². The molecule has 4 rings (SSSR count). The van der Waals surface area contributed by atoms with Gasteiger partial charge in [0.25, 0.3) is 5.56 Å². The zero-order chi connectivity index (χ0) is 18.6. The quantitative estimate of drug-likeness (QED) is 0.698. The Morgan fingerprint density at radius 1 is 1.11 bits per heavy atom. The van der Waals surface area contributed by atoms with Gasteiger partial charge in [-0.05, 0) is 61.7 Å². The van der Waals surface area contributed by atoms with Gasteiger partial charge < -0.3 is 4.74 Å². The highest BCUT2D eigenvalue weighted by atomic mass is 16.5. The SMILES string of the molecule is COc1cccc(CN2CCC(Cn3cnc4ccccc4c3=O)CC2)c1. The van der Waals surface area contributed by atoms with Crippen LogP contribution in [0.4, 0.5) is 0 Å². The van der Waals surface area contributed by atoms with Crippen molar-refractivity contribution in [2.45, 2.75) is 25.9 Å². The lowest BCUT2D eigenvalue weighted by Gasteiger charge is -2.32. The summed E-state index contributed by atoms with van der Waals surface area (Å²) in [7, 11) is 1.70. The molecule has 2 aromatic carbocycles. The van der Waals surface area contributed by atoms with Crippen LogP contribution in [0.1, 0.15) is 18.4 Å². The molecular weight excluding hydrogens is 338 g/mol. The summed E-state index contributed by atoms with van der Waals surface area (Å²) < 4.78 is 7.09. The molecule has 1 aliphatic rings. The monoisotopic (exact) mass is 363 g/mol. The highest BCUT2D eigenvalue weighted by molar-refractivity contribution is 5.76.